The molecule has 4 rings (SSSR count). The highest BCUT2D eigenvalue weighted by Gasteiger charge is 2.22. The molecule has 2 aromatic carbocycles. The second-order valence-electron chi connectivity index (χ2n) is 5.56. The number of fused-ring (bicyclic) bond motifs is 2. The summed E-state index contributed by atoms with van der Waals surface area (Å²) in [6, 6.07) is 11.0. The summed E-state index contributed by atoms with van der Waals surface area (Å²) in [4.78, 5) is 23.9. The third-order valence-corrected chi connectivity index (χ3v) is 3.98. The fraction of sp³-hybridized carbons (Fsp3) is 0.176. The van der Waals surface area contributed by atoms with Crippen LogP contribution in [-0.4, -0.2) is 18.4 Å². The zero-order chi connectivity index (χ0) is 15.8. The van der Waals surface area contributed by atoms with Crippen LogP contribution in [0.3, 0.4) is 0 Å². The molecule has 2 aromatic rings. The number of amides is 2. The van der Waals surface area contributed by atoms with E-state index in [1.165, 1.54) is 11.1 Å². The van der Waals surface area contributed by atoms with Crippen molar-refractivity contribution in [3.05, 3.63) is 53.1 Å². The lowest BCUT2D eigenvalue weighted by Gasteiger charge is -2.20. The van der Waals surface area contributed by atoms with Crippen LogP contribution in [0.1, 0.15) is 21.5 Å². The Kier molecular flexibility index (Phi) is 3.24. The van der Waals surface area contributed by atoms with Crippen molar-refractivity contribution in [2.45, 2.75) is 13.1 Å². The second-order valence-corrected chi connectivity index (χ2v) is 5.56. The van der Waals surface area contributed by atoms with Crippen molar-refractivity contribution < 1.29 is 14.3 Å². The van der Waals surface area contributed by atoms with Crippen molar-refractivity contribution in [2.24, 2.45) is 0 Å². The molecule has 0 aliphatic carbocycles. The van der Waals surface area contributed by atoms with Gasteiger partial charge in [-0.2, -0.15) is 0 Å². The minimum Gasteiger partial charge on any atom is -0.481 e. The van der Waals surface area contributed by atoms with Crippen LogP contribution < -0.4 is 20.7 Å². The van der Waals surface area contributed by atoms with E-state index < -0.39 is 0 Å². The number of nitrogens with one attached hydrogen (secondary N) is 3. The maximum atomic E-state index is 12.5. The summed E-state index contributed by atoms with van der Waals surface area (Å²) in [5.74, 6) is -0.0717. The zero-order valence-corrected chi connectivity index (χ0v) is 12.3. The number of rotatable bonds is 2. The van der Waals surface area contributed by atoms with Crippen molar-refractivity contribution in [3.63, 3.8) is 0 Å². The number of ether oxygens (including phenoxy) is 1. The van der Waals surface area contributed by atoms with Crippen LogP contribution in [0.25, 0.3) is 0 Å². The van der Waals surface area contributed by atoms with Gasteiger partial charge in [0.05, 0.1) is 11.3 Å². The van der Waals surface area contributed by atoms with Crippen molar-refractivity contribution >= 4 is 23.2 Å². The fourth-order valence-corrected chi connectivity index (χ4v) is 2.86. The van der Waals surface area contributed by atoms with E-state index in [0.29, 0.717) is 17.0 Å². The molecule has 3 N–H and O–H groups in total. The molecule has 23 heavy (non-hydrogen) atoms. The van der Waals surface area contributed by atoms with Gasteiger partial charge in [0.2, 0.25) is 0 Å². The molecule has 0 saturated carbocycles. The standard InChI is InChI=1S/C17H15N3O3/c21-15-9-23-16-13(2-1-3-14(16)20-15)17(22)19-12-5-4-10-7-18-8-11(10)6-12/h1-6,18H,7-9H2,(H,19,22)(H,20,21). The molecule has 0 radical (unpaired) electrons. The molecule has 2 heterocycles. The minimum atomic E-state index is -0.260. The predicted octanol–water partition coefficient (Wildman–Crippen LogP) is 1.87. The number of para-hydroxylation sites is 1. The van der Waals surface area contributed by atoms with Gasteiger partial charge >= 0.3 is 0 Å². The predicted molar refractivity (Wildman–Crippen MR) is 85.5 cm³/mol. The van der Waals surface area contributed by atoms with E-state index in [1.54, 1.807) is 18.2 Å². The first-order chi connectivity index (χ1) is 11.2. The third kappa shape index (κ3) is 2.53. The topological polar surface area (TPSA) is 79.5 Å². The summed E-state index contributed by atoms with van der Waals surface area (Å²) in [5, 5.41) is 8.86. The van der Waals surface area contributed by atoms with Gasteiger partial charge in [-0.15, -0.1) is 0 Å². The van der Waals surface area contributed by atoms with Gasteiger partial charge in [0.25, 0.3) is 11.8 Å². The van der Waals surface area contributed by atoms with E-state index in [1.807, 2.05) is 18.2 Å². The van der Waals surface area contributed by atoms with Gasteiger partial charge in [-0.3, -0.25) is 9.59 Å². The molecule has 2 amide bonds. The van der Waals surface area contributed by atoms with Gasteiger partial charge in [-0.05, 0) is 35.4 Å². The molecule has 0 spiro atoms. The molecule has 6 nitrogen and oxygen atoms in total. The Bertz CT molecular complexity index is 817. The Morgan fingerprint density at radius 1 is 1.13 bits per heavy atom. The van der Waals surface area contributed by atoms with Crippen LogP contribution in [0.2, 0.25) is 0 Å². The van der Waals surface area contributed by atoms with Crippen LogP contribution in [0.5, 0.6) is 5.75 Å². The minimum absolute atomic E-state index is 0.0815. The summed E-state index contributed by atoms with van der Waals surface area (Å²) in [6.45, 7) is 1.60. The average molecular weight is 309 g/mol. The molecular weight excluding hydrogens is 294 g/mol. The largest absolute Gasteiger partial charge is 0.481 e. The van der Waals surface area contributed by atoms with Crippen molar-refractivity contribution in [1.29, 1.82) is 0 Å². The smallest absolute Gasteiger partial charge is 0.262 e. The Morgan fingerprint density at radius 2 is 2.00 bits per heavy atom. The maximum absolute atomic E-state index is 12.5. The Morgan fingerprint density at radius 3 is 2.91 bits per heavy atom. The molecule has 2 aliphatic heterocycles. The number of benzene rings is 2. The summed E-state index contributed by atoms with van der Waals surface area (Å²) in [5.41, 5.74) is 4.12. The Hall–Kier alpha value is -2.86. The average Bonchev–Trinajstić information content (AvgIpc) is 3.01. The van der Waals surface area contributed by atoms with Crippen molar-refractivity contribution in [1.82, 2.24) is 5.32 Å². The van der Waals surface area contributed by atoms with Gasteiger partial charge in [0, 0.05) is 18.8 Å². The molecule has 0 saturated heterocycles. The van der Waals surface area contributed by atoms with E-state index in [-0.39, 0.29) is 18.4 Å². The van der Waals surface area contributed by atoms with Gasteiger partial charge in [0.1, 0.15) is 0 Å². The summed E-state index contributed by atoms with van der Waals surface area (Å²) in [7, 11) is 0. The highest BCUT2D eigenvalue weighted by atomic mass is 16.5. The van der Waals surface area contributed by atoms with Gasteiger partial charge in [-0.25, -0.2) is 0 Å². The normalized spacial score (nSPS) is 15.2. The van der Waals surface area contributed by atoms with E-state index in [9.17, 15) is 9.59 Å². The maximum Gasteiger partial charge on any atom is 0.262 e. The first-order valence-corrected chi connectivity index (χ1v) is 7.40. The Balaban J connectivity index is 1.60. The molecule has 0 aromatic heterocycles. The molecule has 0 atom stereocenters. The first-order valence-electron chi connectivity index (χ1n) is 7.40. The number of anilines is 2. The lowest BCUT2D eigenvalue weighted by atomic mass is 10.1. The number of carbonyl (C=O) groups is 2. The van der Waals surface area contributed by atoms with E-state index in [0.717, 1.165) is 18.8 Å². The molecule has 0 fully saturated rings. The lowest BCUT2D eigenvalue weighted by Crippen LogP contribution is -2.27. The monoisotopic (exact) mass is 309 g/mol. The van der Waals surface area contributed by atoms with Crippen LogP contribution in [0.4, 0.5) is 11.4 Å². The van der Waals surface area contributed by atoms with Crippen molar-refractivity contribution in [2.75, 3.05) is 17.2 Å². The first kappa shape index (κ1) is 13.8. The number of hydrogen-bond acceptors (Lipinski definition) is 4. The van der Waals surface area contributed by atoms with Crippen molar-refractivity contribution in [3.8, 4) is 5.75 Å². The SMILES string of the molecule is O=C1COc2c(cccc2C(=O)Nc2ccc3c(c2)CNC3)N1. The van der Waals surface area contributed by atoms with Crippen LogP contribution >= 0.6 is 0 Å². The molecule has 0 unspecified atom stereocenters. The van der Waals surface area contributed by atoms with Gasteiger partial charge < -0.3 is 20.7 Å². The Labute approximate surface area is 132 Å². The lowest BCUT2D eigenvalue weighted by molar-refractivity contribution is -0.118. The van der Waals surface area contributed by atoms with Crippen LogP contribution in [-0.2, 0) is 17.9 Å². The number of carbonyl (C=O) groups excluding carboxylic acids is 2. The summed E-state index contributed by atoms with van der Waals surface area (Å²) < 4.78 is 5.42. The quantitative estimate of drug-likeness (QED) is 0.791. The zero-order valence-electron chi connectivity index (χ0n) is 12.3. The summed E-state index contributed by atoms with van der Waals surface area (Å²) in [6.07, 6.45) is 0. The van der Waals surface area contributed by atoms with Crippen LogP contribution in [0, 0.1) is 0 Å². The van der Waals surface area contributed by atoms with Gasteiger partial charge in [-0.1, -0.05) is 12.1 Å². The second kappa shape index (κ2) is 5.40. The van der Waals surface area contributed by atoms with E-state index in [4.69, 9.17) is 4.74 Å². The summed E-state index contributed by atoms with van der Waals surface area (Å²) >= 11 is 0. The third-order valence-electron chi connectivity index (χ3n) is 3.98. The van der Waals surface area contributed by atoms with Crippen LogP contribution in [0.15, 0.2) is 36.4 Å². The van der Waals surface area contributed by atoms with Gasteiger partial charge in [0.15, 0.2) is 12.4 Å². The molecule has 2 aliphatic rings. The highest BCUT2D eigenvalue weighted by molar-refractivity contribution is 6.09. The fourth-order valence-electron chi connectivity index (χ4n) is 2.86. The highest BCUT2D eigenvalue weighted by Crippen LogP contribution is 2.32. The number of hydrogen-bond donors (Lipinski definition) is 3. The van der Waals surface area contributed by atoms with E-state index >= 15 is 0 Å². The molecule has 6 heteroatoms. The molecule has 0 bridgehead atoms. The molecular formula is C17H15N3O3. The molecule has 116 valence electrons. The van der Waals surface area contributed by atoms with E-state index in [2.05, 4.69) is 16.0 Å².